The Labute approximate surface area is 173 Å². The minimum Gasteiger partial charge on any atom is -0.494 e. The molecule has 0 N–H and O–H groups in total. The quantitative estimate of drug-likeness (QED) is 0.222. The van der Waals surface area contributed by atoms with E-state index >= 15 is 0 Å². The van der Waals surface area contributed by atoms with E-state index < -0.39 is 0 Å². The van der Waals surface area contributed by atoms with E-state index in [-0.39, 0.29) is 0 Å². The number of unbranched alkanes of at least 4 members (excludes halogenated alkanes) is 5. The number of rotatable bonds is 14. The van der Waals surface area contributed by atoms with Crippen LogP contribution in [0.5, 0.6) is 11.5 Å². The summed E-state index contributed by atoms with van der Waals surface area (Å²) in [4.78, 5) is 0.644. The lowest BCUT2D eigenvalue weighted by atomic mass is 10.1. The van der Waals surface area contributed by atoms with Crippen molar-refractivity contribution in [2.75, 3.05) is 13.2 Å². The predicted molar refractivity (Wildman–Crippen MR) is 121 cm³/mol. The molecule has 0 saturated carbocycles. The van der Waals surface area contributed by atoms with Gasteiger partial charge in [-0.05, 0) is 67.1 Å². The lowest BCUT2D eigenvalue weighted by molar-refractivity contribution is 0.304. The highest BCUT2D eigenvalue weighted by molar-refractivity contribution is 9.09. The first-order valence-corrected chi connectivity index (χ1v) is 11.6. The highest BCUT2D eigenvalue weighted by Gasteiger charge is 2.03. The maximum Gasteiger partial charge on any atom is 0.119 e. The van der Waals surface area contributed by atoms with Crippen LogP contribution in [0, 0.1) is 0 Å². The second-order valence-corrected chi connectivity index (χ2v) is 8.58. The zero-order valence-corrected chi connectivity index (χ0v) is 18.6. The van der Waals surface area contributed by atoms with E-state index in [4.69, 9.17) is 9.47 Å². The summed E-state index contributed by atoms with van der Waals surface area (Å²) in [5, 5.41) is 2.41. The smallest absolute Gasteiger partial charge is 0.119 e. The van der Waals surface area contributed by atoms with Crippen molar-refractivity contribution in [2.24, 2.45) is 0 Å². The van der Waals surface area contributed by atoms with Crippen LogP contribution in [0.3, 0.4) is 0 Å². The minimum absolute atomic E-state index is 0.644. The Morgan fingerprint density at radius 2 is 1.30 bits per heavy atom. The van der Waals surface area contributed by atoms with E-state index in [1.165, 1.54) is 55.7 Å². The molecule has 0 aliphatic heterocycles. The van der Waals surface area contributed by atoms with Crippen molar-refractivity contribution in [3.8, 4) is 11.5 Å². The Morgan fingerprint density at radius 3 is 1.85 bits per heavy atom. The van der Waals surface area contributed by atoms with Crippen LogP contribution in [0.4, 0.5) is 0 Å². The summed E-state index contributed by atoms with van der Waals surface area (Å²) in [6, 6.07) is 12.7. The molecular weight excluding hydrogens is 400 g/mol. The van der Waals surface area contributed by atoms with Gasteiger partial charge in [0.15, 0.2) is 0 Å². The maximum absolute atomic E-state index is 5.92. The van der Waals surface area contributed by atoms with Crippen molar-refractivity contribution in [3.05, 3.63) is 36.4 Å². The second-order valence-electron chi connectivity index (χ2n) is 7.28. The number of ether oxygens (including phenoxy) is 2. The normalized spacial score (nSPS) is 12.3. The summed E-state index contributed by atoms with van der Waals surface area (Å²) in [5.74, 6) is 1.92. The molecule has 1 atom stereocenters. The molecule has 0 spiro atoms. The fourth-order valence-corrected chi connectivity index (χ4v) is 3.46. The van der Waals surface area contributed by atoms with Crippen molar-refractivity contribution in [1.82, 2.24) is 0 Å². The van der Waals surface area contributed by atoms with Crippen LogP contribution in [0.25, 0.3) is 10.8 Å². The molecule has 2 aromatic carbocycles. The van der Waals surface area contributed by atoms with E-state index in [0.29, 0.717) is 4.83 Å². The van der Waals surface area contributed by atoms with Crippen LogP contribution in [-0.4, -0.2) is 18.0 Å². The molecule has 2 nitrogen and oxygen atoms in total. The Balaban J connectivity index is 1.75. The van der Waals surface area contributed by atoms with Gasteiger partial charge in [-0.25, -0.2) is 0 Å². The van der Waals surface area contributed by atoms with E-state index in [2.05, 4.69) is 66.2 Å². The SMILES string of the molecule is CCCCCCCOc1ccc2cc(OCCCCC(Br)CC)ccc2c1. The largest absolute Gasteiger partial charge is 0.494 e. The van der Waals surface area contributed by atoms with Gasteiger partial charge < -0.3 is 9.47 Å². The molecule has 0 saturated heterocycles. The van der Waals surface area contributed by atoms with Gasteiger partial charge in [-0.2, -0.15) is 0 Å². The average molecular weight is 435 g/mol. The molecule has 0 amide bonds. The number of alkyl halides is 1. The van der Waals surface area contributed by atoms with E-state index in [0.717, 1.165) is 37.6 Å². The molecule has 27 heavy (non-hydrogen) atoms. The predicted octanol–water partition coefficient (Wildman–Crippen LogP) is 7.91. The van der Waals surface area contributed by atoms with Gasteiger partial charge in [-0.1, -0.05) is 67.6 Å². The molecule has 2 rings (SSSR count). The zero-order chi connectivity index (χ0) is 19.3. The summed E-state index contributed by atoms with van der Waals surface area (Å²) in [6.45, 7) is 6.06. The lowest BCUT2D eigenvalue weighted by Gasteiger charge is -2.10. The number of hydrogen-bond acceptors (Lipinski definition) is 2. The van der Waals surface area contributed by atoms with Gasteiger partial charge in [0.1, 0.15) is 11.5 Å². The van der Waals surface area contributed by atoms with E-state index in [1.54, 1.807) is 0 Å². The fourth-order valence-electron chi connectivity index (χ4n) is 3.14. The molecule has 3 heteroatoms. The fraction of sp³-hybridized carbons (Fsp3) is 0.583. The first-order valence-electron chi connectivity index (χ1n) is 10.7. The zero-order valence-electron chi connectivity index (χ0n) is 17.0. The molecule has 150 valence electrons. The van der Waals surface area contributed by atoms with E-state index in [1.807, 2.05) is 0 Å². The molecule has 0 aliphatic rings. The third-order valence-corrected chi connectivity index (χ3v) is 6.03. The van der Waals surface area contributed by atoms with Crippen LogP contribution < -0.4 is 9.47 Å². The summed E-state index contributed by atoms with van der Waals surface area (Å²) in [6.07, 6.45) is 11.0. The summed E-state index contributed by atoms with van der Waals surface area (Å²) >= 11 is 3.69. The molecule has 1 unspecified atom stereocenters. The van der Waals surface area contributed by atoms with E-state index in [9.17, 15) is 0 Å². The molecule has 2 aromatic rings. The highest BCUT2D eigenvalue weighted by Crippen LogP contribution is 2.25. The van der Waals surface area contributed by atoms with Gasteiger partial charge in [0.2, 0.25) is 0 Å². The monoisotopic (exact) mass is 434 g/mol. The van der Waals surface area contributed by atoms with Crippen LogP contribution in [0.2, 0.25) is 0 Å². The number of benzene rings is 2. The van der Waals surface area contributed by atoms with Gasteiger partial charge in [0, 0.05) is 4.83 Å². The first kappa shape index (κ1) is 22.1. The van der Waals surface area contributed by atoms with Crippen molar-refractivity contribution in [2.45, 2.75) is 76.5 Å². The van der Waals surface area contributed by atoms with Gasteiger partial charge in [-0.15, -0.1) is 0 Å². The van der Waals surface area contributed by atoms with Crippen LogP contribution in [0.15, 0.2) is 36.4 Å². The third kappa shape index (κ3) is 8.55. The number of halogens is 1. The Morgan fingerprint density at radius 1 is 0.741 bits per heavy atom. The van der Waals surface area contributed by atoms with Crippen molar-refractivity contribution in [3.63, 3.8) is 0 Å². The molecule has 0 heterocycles. The lowest BCUT2D eigenvalue weighted by Crippen LogP contribution is -2.00. The topological polar surface area (TPSA) is 18.5 Å². The third-order valence-electron chi connectivity index (χ3n) is 4.92. The molecular formula is C24H35BrO2. The van der Waals surface area contributed by atoms with Gasteiger partial charge in [0.25, 0.3) is 0 Å². The second kappa shape index (κ2) is 13.0. The van der Waals surface area contributed by atoms with Crippen LogP contribution in [-0.2, 0) is 0 Å². The van der Waals surface area contributed by atoms with Gasteiger partial charge >= 0.3 is 0 Å². The molecule has 0 fully saturated rings. The maximum atomic E-state index is 5.92. The number of fused-ring (bicyclic) bond motifs is 1. The highest BCUT2D eigenvalue weighted by atomic mass is 79.9. The summed E-state index contributed by atoms with van der Waals surface area (Å²) in [7, 11) is 0. The molecule has 0 bridgehead atoms. The van der Waals surface area contributed by atoms with Crippen LogP contribution in [0.1, 0.15) is 71.6 Å². The van der Waals surface area contributed by atoms with Crippen molar-refractivity contribution >= 4 is 26.7 Å². The van der Waals surface area contributed by atoms with Crippen LogP contribution >= 0.6 is 15.9 Å². The summed E-state index contributed by atoms with van der Waals surface area (Å²) < 4.78 is 11.8. The first-order chi connectivity index (χ1) is 13.2. The van der Waals surface area contributed by atoms with Gasteiger partial charge in [0.05, 0.1) is 13.2 Å². The Bertz CT molecular complexity index is 656. The van der Waals surface area contributed by atoms with Gasteiger partial charge in [-0.3, -0.25) is 0 Å². The van der Waals surface area contributed by atoms with Crippen molar-refractivity contribution in [1.29, 1.82) is 0 Å². The standard InChI is InChI=1S/C24H35BrO2/c1-3-5-6-7-9-16-26-23-14-12-21-19-24(15-13-20(21)18-23)27-17-10-8-11-22(25)4-2/h12-15,18-19,22H,3-11,16-17H2,1-2H3. The number of hydrogen-bond donors (Lipinski definition) is 0. The summed E-state index contributed by atoms with van der Waals surface area (Å²) in [5.41, 5.74) is 0. The Kier molecular flexibility index (Phi) is 10.7. The Hall–Kier alpha value is -1.22. The average Bonchev–Trinajstić information content (AvgIpc) is 2.70. The van der Waals surface area contributed by atoms with Crippen molar-refractivity contribution < 1.29 is 9.47 Å². The molecule has 0 aliphatic carbocycles. The molecule has 0 radical (unpaired) electrons. The minimum atomic E-state index is 0.644. The molecule has 0 aromatic heterocycles.